The van der Waals surface area contributed by atoms with Gasteiger partial charge in [-0.2, -0.15) is 0 Å². The van der Waals surface area contributed by atoms with Crippen molar-refractivity contribution in [1.29, 1.82) is 0 Å². The lowest BCUT2D eigenvalue weighted by Gasteiger charge is -2.11. The maximum absolute atomic E-state index is 10.0. The summed E-state index contributed by atoms with van der Waals surface area (Å²) in [5.41, 5.74) is 3.02. The average Bonchev–Trinajstić information content (AvgIpc) is 2.44. The topological polar surface area (TPSA) is 54.4 Å². The number of pyridine rings is 1. The number of aromatic hydroxyl groups is 1. The summed E-state index contributed by atoms with van der Waals surface area (Å²) >= 11 is 5.99. The normalized spacial score (nSPS) is 10.6. The lowest BCUT2D eigenvalue weighted by atomic mass is 10.1. The number of ether oxygens (including phenoxy) is 1. The molecule has 0 aliphatic carbocycles. The summed E-state index contributed by atoms with van der Waals surface area (Å²) in [5, 5.41) is 13.8. The van der Waals surface area contributed by atoms with E-state index >= 15 is 0 Å². The highest BCUT2D eigenvalue weighted by molar-refractivity contribution is 6.30. The van der Waals surface area contributed by atoms with Gasteiger partial charge in [0.1, 0.15) is 0 Å². The Kier molecular flexibility index (Phi) is 4.82. The number of halogens is 1. The monoisotopic (exact) mass is 292 g/mol. The van der Waals surface area contributed by atoms with Crippen molar-refractivity contribution < 1.29 is 9.84 Å². The Bertz CT molecular complexity index is 602. The summed E-state index contributed by atoms with van der Waals surface area (Å²) in [6.45, 7) is 3.22. The van der Waals surface area contributed by atoms with Gasteiger partial charge >= 0.3 is 0 Å². The van der Waals surface area contributed by atoms with Gasteiger partial charge in [-0.3, -0.25) is 4.98 Å². The molecular formula is C15H17ClN2O2. The van der Waals surface area contributed by atoms with E-state index in [1.807, 2.05) is 19.2 Å². The van der Waals surface area contributed by atoms with Crippen LogP contribution in [0, 0.1) is 6.92 Å². The third kappa shape index (κ3) is 3.40. The standard InChI is InChI=1S/C15H17ClN2O2/c1-10-7-17-4-3-11(10)8-18-9-12-5-13(16)6-14(20-2)15(12)19/h3-7,18-19H,8-9H2,1-2H3. The van der Waals surface area contributed by atoms with Crippen LogP contribution in [-0.2, 0) is 13.1 Å². The predicted octanol–water partition coefficient (Wildman–Crippen LogP) is 3.05. The first kappa shape index (κ1) is 14.6. The third-order valence-electron chi connectivity index (χ3n) is 3.11. The van der Waals surface area contributed by atoms with E-state index in [9.17, 15) is 5.11 Å². The lowest BCUT2D eigenvalue weighted by Crippen LogP contribution is -2.13. The number of rotatable bonds is 5. The van der Waals surface area contributed by atoms with E-state index in [-0.39, 0.29) is 5.75 Å². The van der Waals surface area contributed by atoms with Crippen LogP contribution in [0.25, 0.3) is 0 Å². The fourth-order valence-corrected chi connectivity index (χ4v) is 2.18. The van der Waals surface area contributed by atoms with E-state index in [1.165, 1.54) is 12.7 Å². The number of nitrogens with zero attached hydrogens (tertiary/aromatic N) is 1. The molecule has 0 bridgehead atoms. The van der Waals surface area contributed by atoms with E-state index in [2.05, 4.69) is 10.3 Å². The predicted molar refractivity (Wildman–Crippen MR) is 79.2 cm³/mol. The third-order valence-corrected chi connectivity index (χ3v) is 3.32. The van der Waals surface area contributed by atoms with Gasteiger partial charge in [0.2, 0.25) is 0 Å². The minimum absolute atomic E-state index is 0.121. The largest absolute Gasteiger partial charge is 0.504 e. The Morgan fingerprint density at radius 3 is 2.75 bits per heavy atom. The van der Waals surface area contributed by atoms with Crippen molar-refractivity contribution in [2.24, 2.45) is 0 Å². The SMILES string of the molecule is COc1cc(Cl)cc(CNCc2ccncc2C)c1O. The van der Waals surface area contributed by atoms with Crippen molar-refractivity contribution in [3.8, 4) is 11.5 Å². The molecular weight excluding hydrogens is 276 g/mol. The Morgan fingerprint density at radius 1 is 1.30 bits per heavy atom. The van der Waals surface area contributed by atoms with Crippen molar-refractivity contribution in [3.63, 3.8) is 0 Å². The first-order chi connectivity index (χ1) is 9.61. The first-order valence-corrected chi connectivity index (χ1v) is 6.65. The molecule has 5 heteroatoms. The summed E-state index contributed by atoms with van der Waals surface area (Å²) in [4.78, 5) is 4.06. The van der Waals surface area contributed by atoms with Gasteiger partial charge in [-0.25, -0.2) is 0 Å². The van der Waals surface area contributed by atoms with Gasteiger partial charge in [0.25, 0.3) is 0 Å². The van der Waals surface area contributed by atoms with Crippen LogP contribution in [0.4, 0.5) is 0 Å². The zero-order valence-corrected chi connectivity index (χ0v) is 12.2. The van der Waals surface area contributed by atoms with Crippen LogP contribution in [-0.4, -0.2) is 17.2 Å². The van der Waals surface area contributed by atoms with Gasteiger partial charge in [0.15, 0.2) is 11.5 Å². The highest BCUT2D eigenvalue weighted by Gasteiger charge is 2.09. The molecule has 0 atom stereocenters. The van der Waals surface area contributed by atoms with Crippen LogP contribution in [0.3, 0.4) is 0 Å². The summed E-state index contributed by atoms with van der Waals surface area (Å²) in [5.74, 6) is 0.505. The zero-order valence-electron chi connectivity index (χ0n) is 11.5. The molecule has 0 saturated heterocycles. The number of hydrogen-bond acceptors (Lipinski definition) is 4. The lowest BCUT2D eigenvalue weighted by molar-refractivity contribution is 0.369. The van der Waals surface area contributed by atoms with E-state index in [0.29, 0.717) is 29.4 Å². The molecule has 0 unspecified atom stereocenters. The highest BCUT2D eigenvalue weighted by atomic mass is 35.5. The molecule has 1 aromatic carbocycles. The van der Waals surface area contributed by atoms with E-state index in [4.69, 9.17) is 16.3 Å². The molecule has 106 valence electrons. The van der Waals surface area contributed by atoms with Crippen LogP contribution in [0.2, 0.25) is 5.02 Å². The number of aromatic nitrogens is 1. The molecule has 0 radical (unpaired) electrons. The molecule has 20 heavy (non-hydrogen) atoms. The number of nitrogens with one attached hydrogen (secondary N) is 1. The fraction of sp³-hybridized carbons (Fsp3) is 0.267. The van der Waals surface area contributed by atoms with Crippen molar-refractivity contribution in [2.75, 3.05) is 7.11 Å². The molecule has 1 aromatic heterocycles. The second kappa shape index (κ2) is 6.59. The number of phenols is 1. The molecule has 0 aliphatic rings. The minimum atomic E-state index is 0.121. The van der Waals surface area contributed by atoms with Crippen LogP contribution in [0.1, 0.15) is 16.7 Å². The summed E-state index contributed by atoms with van der Waals surface area (Å²) in [6, 6.07) is 5.29. The zero-order chi connectivity index (χ0) is 14.5. The molecule has 1 heterocycles. The van der Waals surface area contributed by atoms with Crippen molar-refractivity contribution in [3.05, 3.63) is 52.3 Å². The van der Waals surface area contributed by atoms with Crippen LogP contribution in [0.15, 0.2) is 30.6 Å². The van der Waals surface area contributed by atoms with Crippen LogP contribution >= 0.6 is 11.6 Å². The van der Waals surface area contributed by atoms with Crippen LogP contribution in [0.5, 0.6) is 11.5 Å². The van der Waals surface area contributed by atoms with Crippen molar-refractivity contribution >= 4 is 11.6 Å². The van der Waals surface area contributed by atoms with E-state index in [0.717, 1.165) is 5.56 Å². The summed E-state index contributed by atoms with van der Waals surface area (Å²) in [6.07, 6.45) is 3.60. The molecule has 2 rings (SSSR count). The van der Waals surface area contributed by atoms with Crippen LogP contribution < -0.4 is 10.1 Å². The van der Waals surface area contributed by atoms with E-state index < -0.39 is 0 Å². The van der Waals surface area contributed by atoms with Gasteiger partial charge in [0, 0.05) is 42.1 Å². The average molecular weight is 293 g/mol. The number of aryl methyl sites for hydroxylation is 1. The van der Waals surface area contributed by atoms with Gasteiger partial charge < -0.3 is 15.2 Å². The highest BCUT2D eigenvalue weighted by Crippen LogP contribution is 2.33. The molecule has 0 fully saturated rings. The first-order valence-electron chi connectivity index (χ1n) is 6.27. The van der Waals surface area contributed by atoms with Gasteiger partial charge in [-0.15, -0.1) is 0 Å². The number of benzene rings is 1. The number of methoxy groups -OCH3 is 1. The number of hydrogen-bond donors (Lipinski definition) is 2. The van der Waals surface area contributed by atoms with Gasteiger partial charge in [-0.05, 0) is 30.2 Å². The Morgan fingerprint density at radius 2 is 2.05 bits per heavy atom. The summed E-state index contributed by atoms with van der Waals surface area (Å²) < 4.78 is 5.08. The molecule has 0 aliphatic heterocycles. The Hall–Kier alpha value is -1.78. The Balaban J connectivity index is 2.05. The van der Waals surface area contributed by atoms with Gasteiger partial charge in [0.05, 0.1) is 7.11 Å². The smallest absolute Gasteiger partial charge is 0.162 e. The molecule has 2 N–H and O–H groups in total. The van der Waals surface area contributed by atoms with Crippen molar-refractivity contribution in [2.45, 2.75) is 20.0 Å². The maximum Gasteiger partial charge on any atom is 0.162 e. The molecule has 0 saturated carbocycles. The molecule has 2 aromatic rings. The fourth-order valence-electron chi connectivity index (χ4n) is 1.95. The summed E-state index contributed by atoms with van der Waals surface area (Å²) in [7, 11) is 1.50. The quantitative estimate of drug-likeness (QED) is 0.889. The van der Waals surface area contributed by atoms with Crippen molar-refractivity contribution in [1.82, 2.24) is 10.3 Å². The van der Waals surface area contributed by atoms with E-state index in [1.54, 1.807) is 18.3 Å². The Labute approximate surface area is 123 Å². The minimum Gasteiger partial charge on any atom is -0.504 e. The molecule has 0 spiro atoms. The maximum atomic E-state index is 10.0. The second-order valence-electron chi connectivity index (χ2n) is 4.52. The molecule has 4 nitrogen and oxygen atoms in total. The van der Waals surface area contributed by atoms with Gasteiger partial charge in [-0.1, -0.05) is 11.6 Å². The number of phenolic OH excluding ortho intramolecular Hbond substituents is 1. The molecule has 0 amide bonds. The second-order valence-corrected chi connectivity index (χ2v) is 4.96.